The summed E-state index contributed by atoms with van der Waals surface area (Å²) in [5, 5.41) is 0. The number of benzene rings is 5. The molecule has 0 radical (unpaired) electrons. The fourth-order valence-electron chi connectivity index (χ4n) is 4.96. The standard InChI is InChI=1S/C36H31NO4/c1-35(2)38-31-17-15-24(22-33(31)40-35)26-19-27(25-16-18-32-34(23-25)41-36(3,4)39-32)21-30(20-26)37(28-11-7-5-8-12-28)29-13-9-6-10-14-29/h5-23H,1-4H3/i5D,6D,7D,8D,9D,10D,11D,12D,13D,14D. The third-order valence-corrected chi connectivity index (χ3v) is 6.57. The molecule has 0 bridgehead atoms. The van der Waals surface area contributed by atoms with Gasteiger partial charge < -0.3 is 23.8 Å². The van der Waals surface area contributed by atoms with E-state index in [1.165, 1.54) is 0 Å². The molecule has 0 saturated heterocycles. The molecule has 0 saturated carbocycles. The molecule has 0 aliphatic carbocycles. The van der Waals surface area contributed by atoms with Gasteiger partial charge in [0, 0.05) is 44.8 Å². The first-order chi connectivity index (χ1) is 23.9. The smallest absolute Gasteiger partial charge is 0.246 e. The molecule has 0 aromatic heterocycles. The quantitative estimate of drug-likeness (QED) is 0.218. The van der Waals surface area contributed by atoms with Crippen LogP contribution in [-0.2, 0) is 0 Å². The number of fused-ring (bicyclic) bond motifs is 2. The molecule has 0 N–H and O–H groups in total. The van der Waals surface area contributed by atoms with Gasteiger partial charge in [-0.1, -0.05) is 48.4 Å². The van der Waals surface area contributed by atoms with Crippen LogP contribution in [0.25, 0.3) is 22.3 Å². The Morgan fingerprint density at radius 2 is 0.878 bits per heavy atom. The highest BCUT2D eigenvalue weighted by Gasteiger charge is 2.33. The van der Waals surface area contributed by atoms with E-state index in [2.05, 4.69) is 0 Å². The Morgan fingerprint density at radius 3 is 1.32 bits per heavy atom. The monoisotopic (exact) mass is 551 g/mol. The van der Waals surface area contributed by atoms with Crippen LogP contribution in [0.3, 0.4) is 0 Å². The second-order valence-corrected chi connectivity index (χ2v) is 10.6. The average molecular weight is 552 g/mol. The van der Waals surface area contributed by atoms with Crippen molar-refractivity contribution in [1.29, 1.82) is 0 Å². The topological polar surface area (TPSA) is 40.2 Å². The molecule has 0 amide bonds. The van der Waals surface area contributed by atoms with E-state index in [0.29, 0.717) is 45.3 Å². The summed E-state index contributed by atoms with van der Waals surface area (Å²) in [5.41, 5.74) is 1.80. The molecule has 5 aromatic rings. The predicted octanol–water partition coefficient (Wildman–Crippen LogP) is 9.50. The van der Waals surface area contributed by atoms with Gasteiger partial charge in [-0.15, -0.1) is 0 Å². The third kappa shape index (κ3) is 4.84. The molecule has 204 valence electrons. The zero-order valence-corrected chi connectivity index (χ0v) is 22.8. The van der Waals surface area contributed by atoms with Gasteiger partial charge in [-0.3, -0.25) is 0 Å². The van der Waals surface area contributed by atoms with E-state index in [1.54, 1.807) is 64.1 Å². The van der Waals surface area contributed by atoms with Crippen molar-refractivity contribution in [2.45, 2.75) is 39.3 Å². The number of para-hydroxylation sites is 2. The van der Waals surface area contributed by atoms with Crippen molar-refractivity contribution in [2.75, 3.05) is 4.90 Å². The molecule has 2 heterocycles. The summed E-state index contributed by atoms with van der Waals surface area (Å²) in [5.74, 6) is 0.266. The molecule has 0 fully saturated rings. The molecule has 0 unspecified atom stereocenters. The number of anilines is 3. The van der Waals surface area contributed by atoms with Gasteiger partial charge in [0.15, 0.2) is 23.0 Å². The minimum atomic E-state index is -0.896. The van der Waals surface area contributed by atoms with E-state index in [0.717, 1.165) is 4.90 Å². The number of hydrogen-bond donors (Lipinski definition) is 0. The van der Waals surface area contributed by atoms with Crippen molar-refractivity contribution >= 4 is 17.1 Å². The van der Waals surface area contributed by atoms with E-state index >= 15 is 0 Å². The maximum atomic E-state index is 8.90. The normalized spacial score (nSPS) is 18.9. The summed E-state index contributed by atoms with van der Waals surface area (Å²) in [6.45, 7) is 7.13. The highest BCUT2D eigenvalue weighted by Crippen LogP contribution is 2.46. The molecule has 5 nitrogen and oxygen atoms in total. The van der Waals surface area contributed by atoms with Crippen LogP contribution >= 0.6 is 0 Å². The Morgan fingerprint density at radius 1 is 0.463 bits per heavy atom. The lowest BCUT2D eigenvalue weighted by atomic mass is 9.96. The summed E-state index contributed by atoms with van der Waals surface area (Å²) in [6.07, 6.45) is 0. The molecule has 5 heteroatoms. The fraction of sp³-hybridized carbons (Fsp3) is 0.167. The zero-order chi connectivity index (χ0) is 36.9. The molecule has 41 heavy (non-hydrogen) atoms. The molecule has 7 rings (SSSR count). The van der Waals surface area contributed by atoms with E-state index < -0.39 is 83.4 Å². The number of ether oxygens (including phenoxy) is 4. The zero-order valence-electron chi connectivity index (χ0n) is 32.8. The van der Waals surface area contributed by atoms with E-state index in [1.807, 2.05) is 18.2 Å². The fourth-order valence-corrected chi connectivity index (χ4v) is 4.96. The Kier molecular flexibility index (Phi) is 3.73. The lowest BCUT2D eigenvalue weighted by molar-refractivity contribution is -0.0437. The second-order valence-electron chi connectivity index (χ2n) is 10.6. The third-order valence-electron chi connectivity index (χ3n) is 6.57. The first kappa shape index (κ1) is 16.4. The first-order valence-corrected chi connectivity index (χ1v) is 13.0. The molecular weight excluding hydrogens is 510 g/mol. The maximum absolute atomic E-state index is 8.90. The minimum absolute atomic E-state index is 0.149. The molecule has 5 aromatic carbocycles. The summed E-state index contributed by atoms with van der Waals surface area (Å²) < 4.78 is 110. The van der Waals surface area contributed by atoms with Crippen LogP contribution in [0.4, 0.5) is 17.1 Å². The Hall–Kier alpha value is -4.90. The van der Waals surface area contributed by atoms with Gasteiger partial charge in [0.05, 0.1) is 13.7 Å². The number of nitrogens with zero attached hydrogens (tertiary/aromatic N) is 1. The molecule has 0 atom stereocenters. The van der Waals surface area contributed by atoms with Gasteiger partial charge in [-0.2, -0.15) is 0 Å². The van der Waals surface area contributed by atoms with Gasteiger partial charge in [-0.25, -0.2) is 0 Å². The predicted molar refractivity (Wildman–Crippen MR) is 163 cm³/mol. The highest BCUT2D eigenvalue weighted by atomic mass is 16.7. The molecule has 0 spiro atoms. The Labute approximate surface area is 254 Å². The van der Waals surface area contributed by atoms with E-state index in [-0.39, 0.29) is 5.69 Å². The molecular formula is C36H31NO4. The summed E-state index contributed by atoms with van der Waals surface area (Å²) in [6, 6.07) is 9.48. The average Bonchev–Trinajstić information content (AvgIpc) is 3.58. The van der Waals surface area contributed by atoms with Crippen LogP contribution in [0.15, 0.2) is 115 Å². The Bertz CT molecular complexity index is 2100. The number of hydrogen-bond acceptors (Lipinski definition) is 5. The van der Waals surface area contributed by atoms with Crippen LogP contribution in [-0.4, -0.2) is 11.6 Å². The first-order valence-electron chi connectivity index (χ1n) is 18.0. The van der Waals surface area contributed by atoms with Crippen LogP contribution in [0, 0.1) is 0 Å². The summed E-state index contributed by atoms with van der Waals surface area (Å²) in [4.78, 5) is 1.14. The molecule has 2 aliphatic rings. The Balaban J connectivity index is 1.55. The van der Waals surface area contributed by atoms with Gasteiger partial charge in [0.25, 0.3) is 0 Å². The van der Waals surface area contributed by atoms with Crippen LogP contribution in [0.2, 0.25) is 0 Å². The van der Waals surface area contributed by atoms with E-state index in [4.69, 9.17) is 32.7 Å². The van der Waals surface area contributed by atoms with Crippen molar-refractivity contribution < 1.29 is 32.7 Å². The highest BCUT2D eigenvalue weighted by molar-refractivity contribution is 5.85. The maximum Gasteiger partial charge on any atom is 0.246 e. The largest absolute Gasteiger partial charge is 0.449 e. The summed E-state index contributed by atoms with van der Waals surface area (Å²) in [7, 11) is 0. The van der Waals surface area contributed by atoms with Crippen molar-refractivity contribution in [2.24, 2.45) is 0 Å². The lowest BCUT2D eigenvalue weighted by Crippen LogP contribution is -2.29. The summed E-state index contributed by atoms with van der Waals surface area (Å²) >= 11 is 0. The van der Waals surface area contributed by atoms with Crippen molar-refractivity contribution in [1.82, 2.24) is 0 Å². The van der Waals surface area contributed by atoms with Crippen LogP contribution in [0.1, 0.15) is 41.4 Å². The second kappa shape index (κ2) is 9.34. The minimum Gasteiger partial charge on any atom is -0.449 e. The van der Waals surface area contributed by atoms with Gasteiger partial charge in [-0.05, 0) is 88.9 Å². The van der Waals surface area contributed by atoms with Gasteiger partial charge in [0.1, 0.15) is 0 Å². The van der Waals surface area contributed by atoms with Crippen LogP contribution < -0.4 is 23.8 Å². The number of rotatable bonds is 5. The SMILES string of the molecule is [2H]c1c([2H])c([2H])c(N(c2cc(-c3ccc4c(c3)OC(C)(C)O4)cc(-c3ccc4c(c3)OC(C)(C)O4)c2)c2c([2H])c([2H])c([2H])c([2H])c2[2H])c([2H])c1[2H]. The van der Waals surface area contributed by atoms with Crippen molar-refractivity contribution in [3.8, 4) is 45.3 Å². The van der Waals surface area contributed by atoms with Crippen molar-refractivity contribution in [3.05, 3.63) is 115 Å². The molecule has 2 aliphatic heterocycles. The van der Waals surface area contributed by atoms with Gasteiger partial charge >= 0.3 is 0 Å². The van der Waals surface area contributed by atoms with Gasteiger partial charge in [0.2, 0.25) is 11.6 Å². The van der Waals surface area contributed by atoms with Crippen LogP contribution in [0.5, 0.6) is 23.0 Å². The lowest BCUT2D eigenvalue weighted by Gasteiger charge is -2.26. The van der Waals surface area contributed by atoms with E-state index in [9.17, 15) is 0 Å². The van der Waals surface area contributed by atoms with Crippen molar-refractivity contribution in [3.63, 3.8) is 0 Å².